The normalized spacial score (nSPS) is 16.1. The summed E-state index contributed by atoms with van der Waals surface area (Å²) in [7, 11) is 0. The van der Waals surface area contributed by atoms with E-state index < -0.39 is 17.7 Å². The highest BCUT2D eigenvalue weighted by Crippen LogP contribution is 2.40. The van der Waals surface area contributed by atoms with Crippen LogP contribution in [0.25, 0.3) is 10.6 Å². The molecular formula is C26H28N4O3S. The van der Waals surface area contributed by atoms with Crippen LogP contribution in [0.5, 0.6) is 0 Å². The first-order chi connectivity index (χ1) is 16.5. The first kappa shape index (κ1) is 23.8. The van der Waals surface area contributed by atoms with Crippen molar-refractivity contribution in [3.05, 3.63) is 82.3 Å². The number of rotatable bonds is 9. The van der Waals surface area contributed by atoms with Gasteiger partial charge in [-0.25, -0.2) is 4.98 Å². The number of Topliss-reactive ketones (excluding diaryl/α,β-unsaturated/α-hetero) is 1. The Morgan fingerprint density at radius 1 is 1.12 bits per heavy atom. The molecule has 0 spiro atoms. The minimum absolute atomic E-state index is 0.0992. The number of hydrogen-bond donors (Lipinski definition) is 1. The molecule has 1 atom stereocenters. The highest BCUT2D eigenvalue weighted by Gasteiger charge is 2.44. The number of nitrogens with zero attached hydrogens (tertiary/aromatic N) is 4. The van der Waals surface area contributed by atoms with Gasteiger partial charge in [0.05, 0.1) is 22.2 Å². The van der Waals surface area contributed by atoms with Crippen LogP contribution in [0.15, 0.2) is 66.2 Å². The quantitative estimate of drug-likeness (QED) is 0.460. The Morgan fingerprint density at radius 2 is 1.79 bits per heavy atom. The highest BCUT2D eigenvalue weighted by atomic mass is 32.1. The van der Waals surface area contributed by atoms with E-state index >= 15 is 0 Å². The molecule has 2 aromatic heterocycles. The fraction of sp³-hybridized carbons (Fsp3) is 0.308. The van der Waals surface area contributed by atoms with Crippen LogP contribution in [0.1, 0.15) is 40.8 Å². The predicted octanol–water partition coefficient (Wildman–Crippen LogP) is 4.43. The van der Waals surface area contributed by atoms with Gasteiger partial charge in [0.1, 0.15) is 5.01 Å². The number of hydrogen-bond acceptors (Lipinski definition) is 7. The van der Waals surface area contributed by atoms with Crippen molar-refractivity contribution in [1.29, 1.82) is 0 Å². The average molecular weight is 477 g/mol. The van der Waals surface area contributed by atoms with Gasteiger partial charge in [-0.05, 0) is 37.7 Å². The molecule has 0 bridgehead atoms. The number of pyridine rings is 1. The molecular weight excluding hydrogens is 448 g/mol. The van der Waals surface area contributed by atoms with E-state index in [0.717, 1.165) is 29.2 Å². The summed E-state index contributed by atoms with van der Waals surface area (Å²) in [6, 6.07) is 12.5. The van der Waals surface area contributed by atoms with Crippen molar-refractivity contribution in [3.63, 3.8) is 0 Å². The van der Waals surface area contributed by atoms with E-state index in [1.807, 2.05) is 30.3 Å². The Labute approximate surface area is 203 Å². The third kappa shape index (κ3) is 4.51. The standard InChI is InChI=1S/C26H28N4O3S/c1-4-29(5-2)15-16-30-21(18-11-13-27-14-12-18)20(23(32)26(30)33)22(31)24-17(3)28-25(34-24)19-9-7-6-8-10-19/h6-14,21,32H,4-5,15-16H2,1-3H3. The second-order valence-electron chi connectivity index (χ2n) is 8.10. The number of aliphatic hydroxyl groups excluding tert-OH is 1. The van der Waals surface area contributed by atoms with Gasteiger partial charge in [-0.1, -0.05) is 44.2 Å². The first-order valence-corrected chi connectivity index (χ1v) is 12.2. The maximum Gasteiger partial charge on any atom is 0.290 e. The van der Waals surface area contributed by atoms with Crippen LogP contribution in [0.4, 0.5) is 0 Å². The molecule has 0 fully saturated rings. The van der Waals surface area contributed by atoms with Gasteiger partial charge < -0.3 is 14.9 Å². The number of carbonyl (C=O) groups is 2. The number of carbonyl (C=O) groups excluding carboxylic acids is 2. The van der Waals surface area contributed by atoms with Crippen molar-refractivity contribution < 1.29 is 14.7 Å². The zero-order valence-electron chi connectivity index (χ0n) is 19.6. The summed E-state index contributed by atoms with van der Waals surface area (Å²) in [4.78, 5) is 39.8. The van der Waals surface area contributed by atoms with Crippen molar-refractivity contribution in [2.24, 2.45) is 0 Å². The third-order valence-electron chi connectivity index (χ3n) is 6.15. The van der Waals surface area contributed by atoms with Gasteiger partial charge >= 0.3 is 0 Å². The Bertz CT molecular complexity index is 1200. The van der Waals surface area contributed by atoms with Crippen LogP contribution in [-0.2, 0) is 4.79 Å². The number of amides is 1. The number of ketones is 1. The number of benzene rings is 1. The number of aliphatic hydroxyl groups is 1. The molecule has 7 nitrogen and oxygen atoms in total. The molecule has 0 aliphatic carbocycles. The summed E-state index contributed by atoms with van der Waals surface area (Å²) in [6.07, 6.45) is 3.26. The van der Waals surface area contributed by atoms with Crippen LogP contribution in [0.2, 0.25) is 0 Å². The monoisotopic (exact) mass is 476 g/mol. The van der Waals surface area contributed by atoms with E-state index in [1.165, 1.54) is 11.3 Å². The SMILES string of the molecule is CCN(CC)CCN1C(=O)C(O)=C(C(=O)c2sc(-c3ccccc3)nc2C)C1c1ccncc1. The maximum atomic E-state index is 13.8. The number of likely N-dealkylation sites (N-methyl/N-ethyl adjacent to an activating group) is 1. The van der Waals surface area contributed by atoms with E-state index in [2.05, 4.69) is 28.7 Å². The maximum absolute atomic E-state index is 13.8. The zero-order chi connectivity index (χ0) is 24.2. The molecule has 0 saturated heterocycles. The van der Waals surface area contributed by atoms with Crippen molar-refractivity contribution in [2.45, 2.75) is 26.8 Å². The Hall–Kier alpha value is -3.36. The Balaban J connectivity index is 1.72. The van der Waals surface area contributed by atoms with E-state index in [-0.39, 0.29) is 11.4 Å². The van der Waals surface area contributed by atoms with Gasteiger partial charge in [0.15, 0.2) is 5.76 Å². The zero-order valence-corrected chi connectivity index (χ0v) is 20.4. The summed E-state index contributed by atoms with van der Waals surface area (Å²) >= 11 is 1.28. The molecule has 3 heterocycles. The molecule has 3 aromatic rings. The lowest BCUT2D eigenvalue weighted by Gasteiger charge is -2.29. The van der Waals surface area contributed by atoms with Crippen LogP contribution >= 0.6 is 11.3 Å². The van der Waals surface area contributed by atoms with E-state index in [4.69, 9.17) is 0 Å². The van der Waals surface area contributed by atoms with Gasteiger partial charge in [0.2, 0.25) is 5.78 Å². The van der Waals surface area contributed by atoms with Gasteiger partial charge in [0.25, 0.3) is 5.91 Å². The van der Waals surface area contributed by atoms with Gasteiger partial charge in [-0.2, -0.15) is 0 Å². The van der Waals surface area contributed by atoms with E-state index in [9.17, 15) is 14.7 Å². The second-order valence-corrected chi connectivity index (χ2v) is 9.10. The molecule has 4 rings (SSSR count). The molecule has 1 unspecified atom stereocenters. The molecule has 1 aliphatic rings. The van der Waals surface area contributed by atoms with Crippen LogP contribution < -0.4 is 0 Å². The largest absolute Gasteiger partial charge is 0.503 e. The molecule has 8 heteroatoms. The second kappa shape index (κ2) is 10.3. The summed E-state index contributed by atoms with van der Waals surface area (Å²) in [5.41, 5.74) is 2.33. The van der Waals surface area contributed by atoms with Crippen molar-refractivity contribution in [2.75, 3.05) is 26.2 Å². The smallest absolute Gasteiger partial charge is 0.290 e. The van der Waals surface area contributed by atoms with Gasteiger partial charge in [0, 0.05) is 31.0 Å². The number of aromatic nitrogens is 2. The number of aryl methyl sites for hydroxylation is 1. The van der Waals surface area contributed by atoms with E-state index in [1.54, 1.807) is 36.4 Å². The molecule has 0 saturated carbocycles. The van der Waals surface area contributed by atoms with Crippen LogP contribution in [0, 0.1) is 6.92 Å². The predicted molar refractivity (Wildman–Crippen MR) is 133 cm³/mol. The van der Waals surface area contributed by atoms with Gasteiger partial charge in [-0.15, -0.1) is 11.3 Å². The Kier molecular flexibility index (Phi) is 7.19. The van der Waals surface area contributed by atoms with Crippen molar-refractivity contribution in [1.82, 2.24) is 19.8 Å². The topological polar surface area (TPSA) is 86.6 Å². The molecule has 1 aliphatic heterocycles. The summed E-state index contributed by atoms with van der Waals surface area (Å²) in [5.74, 6) is -1.38. The van der Waals surface area contributed by atoms with Crippen molar-refractivity contribution >= 4 is 23.0 Å². The minimum Gasteiger partial charge on any atom is -0.503 e. The van der Waals surface area contributed by atoms with Gasteiger partial charge in [-0.3, -0.25) is 14.6 Å². The lowest BCUT2D eigenvalue weighted by molar-refractivity contribution is -0.129. The fourth-order valence-corrected chi connectivity index (χ4v) is 5.26. The molecule has 34 heavy (non-hydrogen) atoms. The highest BCUT2D eigenvalue weighted by molar-refractivity contribution is 7.17. The molecule has 1 aromatic carbocycles. The molecule has 0 radical (unpaired) electrons. The first-order valence-electron chi connectivity index (χ1n) is 11.4. The Morgan fingerprint density at radius 3 is 2.44 bits per heavy atom. The van der Waals surface area contributed by atoms with Crippen molar-refractivity contribution in [3.8, 4) is 10.6 Å². The van der Waals surface area contributed by atoms with Crippen LogP contribution in [-0.4, -0.2) is 62.7 Å². The fourth-order valence-electron chi connectivity index (χ4n) is 4.23. The average Bonchev–Trinajstić information content (AvgIpc) is 3.38. The number of thiazole rings is 1. The molecule has 1 amide bonds. The van der Waals surface area contributed by atoms with E-state index in [0.29, 0.717) is 23.7 Å². The summed E-state index contributed by atoms with van der Waals surface area (Å²) < 4.78 is 0. The molecule has 1 N–H and O–H groups in total. The minimum atomic E-state index is -0.680. The molecule has 176 valence electrons. The van der Waals surface area contributed by atoms with Crippen LogP contribution in [0.3, 0.4) is 0 Å². The summed E-state index contributed by atoms with van der Waals surface area (Å²) in [6.45, 7) is 8.66. The third-order valence-corrected chi connectivity index (χ3v) is 7.35. The lowest BCUT2D eigenvalue weighted by atomic mass is 9.96. The summed E-state index contributed by atoms with van der Waals surface area (Å²) in [5, 5.41) is 11.6. The lowest BCUT2D eigenvalue weighted by Crippen LogP contribution is -2.38.